The topological polar surface area (TPSA) is 0 Å². The number of hydrogen-bond acceptors (Lipinski definition) is 1. The summed E-state index contributed by atoms with van der Waals surface area (Å²) in [6, 6.07) is 10.8. The summed E-state index contributed by atoms with van der Waals surface area (Å²) < 4.78 is 0. The Bertz CT molecular complexity index is 426. The Morgan fingerprint density at radius 1 is 1.13 bits per heavy atom. The molecule has 0 aliphatic carbocycles. The zero-order valence-electron chi connectivity index (χ0n) is 8.64. The summed E-state index contributed by atoms with van der Waals surface area (Å²) >= 11 is 1.76. The average Bonchev–Trinajstić information content (AvgIpc) is 2.82. The van der Waals surface area contributed by atoms with Crippen LogP contribution in [0.15, 0.2) is 57.5 Å². The van der Waals surface area contributed by atoms with Crippen molar-refractivity contribution in [1.82, 2.24) is 0 Å². The summed E-state index contributed by atoms with van der Waals surface area (Å²) in [6.07, 6.45) is 4.15. The van der Waals surface area contributed by atoms with Gasteiger partial charge in [-0.15, -0.1) is 11.3 Å². The van der Waals surface area contributed by atoms with Crippen LogP contribution in [0.4, 0.5) is 0 Å². The minimum atomic E-state index is 0.200. The van der Waals surface area contributed by atoms with Crippen molar-refractivity contribution in [2.24, 2.45) is 0 Å². The highest BCUT2D eigenvalue weighted by atomic mass is 32.2. The number of thiophene rings is 1. The molecular formula is C13H13S2+. The van der Waals surface area contributed by atoms with E-state index in [1.165, 1.54) is 15.4 Å². The summed E-state index contributed by atoms with van der Waals surface area (Å²) in [6.45, 7) is 3.76. The van der Waals surface area contributed by atoms with Crippen LogP contribution in [0.5, 0.6) is 0 Å². The van der Waals surface area contributed by atoms with Crippen molar-refractivity contribution in [2.45, 2.75) is 9.79 Å². The van der Waals surface area contributed by atoms with Gasteiger partial charge in [0.25, 0.3) is 0 Å². The van der Waals surface area contributed by atoms with Gasteiger partial charge in [-0.2, -0.15) is 0 Å². The van der Waals surface area contributed by atoms with Crippen LogP contribution in [0.1, 0.15) is 5.56 Å². The highest BCUT2D eigenvalue weighted by molar-refractivity contribution is 7.96. The normalized spacial score (nSPS) is 12.3. The maximum atomic E-state index is 3.76. The van der Waals surface area contributed by atoms with E-state index in [1.807, 2.05) is 6.08 Å². The standard InChI is InChI=1S/C13H13S2/c1-3-11-4-6-12(7-5-11)15(2)13-8-9-14-10-13/h3-10H,1H2,2H3/q+1. The lowest BCUT2D eigenvalue weighted by Crippen LogP contribution is -1.98. The Hall–Kier alpha value is -0.990. The predicted molar refractivity (Wildman–Crippen MR) is 70.7 cm³/mol. The first-order valence-corrected chi connectivity index (χ1v) is 7.29. The average molecular weight is 233 g/mol. The van der Waals surface area contributed by atoms with Crippen LogP contribution in [0.25, 0.3) is 6.08 Å². The van der Waals surface area contributed by atoms with Crippen molar-refractivity contribution in [1.29, 1.82) is 0 Å². The van der Waals surface area contributed by atoms with E-state index < -0.39 is 0 Å². The van der Waals surface area contributed by atoms with Crippen LogP contribution in [0.2, 0.25) is 0 Å². The third-order valence-corrected chi connectivity index (χ3v) is 5.09. The fourth-order valence-corrected chi connectivity index (χ4v) is 3.81. The quantitative estimate of drug-likeness (QED) is 0.701. The van der Waals surface area contributed by atoms with Gasteiger partial charge in [-0.25, -0.2) is 0 Å². The Labute approximate surface area is 97.6 Å². The molecule has 1 heterocycles. The molecule has 1 unspecified atom stereocenters. The zero-order chi connectivity index (χ0) is 10.7. The molecule has 0 saturated heterocycles. The molecule has 2 aromatic rings. The van der Waals surface area contributed by atoms with Gasteiger partial charge in [0, 0.05) is 11.4 Å². The number of hydrogen-bond donors (Lipinski definition) is 0. The van der Waals surface area contributed by atoms with Gasteiger partial charge in [-0.05, 0) is 23.1 Å². The van der Waals surface area contributed by atoms with Crippen LogP contribution in [-0.4, -0.2) is 6.26 Å². The van der Waals surface area contributed by atoms with Crippen LogP contribution in [0.3, 0.4) is 0 Å². The molecule has 0 aliphatic rings. The van der Waals surface area contributed by atoms with Crippen molar-refractivity contribution >= 4 is 28.3 Å². The number of benzene rings is 1. The first-order chi connectivity index (χ1) is 7.31. The maximum absolute atomic E-state index is 3.76. The second-order valence-corrected chi connectivity index (χ2v) is 5.99. The van der Waals surface area contributed by atoms with E-state index >= 15 is 0 Å². The van der Waals surface area contributed by atoms with Gasteiger partial charge in [0.15, 0.2) is 9.79 Å². The molecular weight excluding hydrogens is 220 g/mol. The summed E-state index contributed by atoms with van der Waals surface area (Å²) in [4.78, 5) is 2.81. The van der Waals surface area contributed by atoms with Gasteiger partial charge in [-0.1, -0.05) is 24.8 Å². The van der Waals surface area contributed by atoms with E-state index in [2.05, 4.69) is 53.9 Å². The molecule has 0 aliphatic heterocycles. The molecule has 1 aromatic heterocycles. The fourth-order valence-electron chi connectivity index (χ4n) is 1.37. The van der Waals surface area contributed by atoms with Crippen LogP contribution < -0.4 is 0 Å². The molecule has 0 spiro atoms. The molecule has 0 radical (unpaired) electrons. The summed E-state index contributed by atoms with van der Waals surface area (Å²) in [5.41, 5.74) is 1.18. The SMILES string of the molecule is C=Cc1ccc([S+](C)c2ccsc2)cc1. The molecule has 0 N–H and O–H groups in total. The molecule has 76 valence electrons. The first-order valence-electron chi connectivity index (χ1n) is 4.72. The summed E-state index contributed by atoms with van der Waals surface area (Å²) in [7, 11) is 0.200. The van der Waals surface area contributed by atoms with E-state index in [-0.39, 0.29) is 10.9 Å². The van der Waals surface area contributed by atoms with Gasteiger partial charge in [-0.3, -0.25) is 0 Å². The Balaban J connectivity index is 2.26. The smallest absolute Gasteiger partial charge is 0.147 e. The second-order valence-electron chi connectivity index (χ2n) is 3.24. The molecule has 0 amide bonds. The van der Waals surface area contributed by atoms with Crippen LogP contribution >= 0.6 is 11.3 Å². The Morgan fingerprint density at radius 2 is 1.87 bits per heavy atom. The van der Waals surface area contributed by atoms with Gasteiger partial charge in [0.1, 0.15) is 6.26 Å². The minimum absolute atomic E-state index is 0.200. The molecule has 0 saturated carbocycles. The molecule has 0 nitrogen and oxygen atoms in total. The summed E-state index contributed by atoms with van der Waals surface area (Å²) in [5.74, 6) is 0. The van der Waals surface area contributed by atoms with Gasteiger partial charge < -0.3 is 0 Å². The van der Waals surface area contributed by atoms with Crippen LogP contribution in [0, 0.1) is 0 Å². The third-order valence-electron chi connectivity index (χ3n) is 2.32. The first kappa shape index (κ1) is 10.5. The molecule has 2 rings (SSSR count). The fraction of sp³-hybridized carbons (Fsp3) is 0.0769. The predicted octanol–water partition coefficient (Wildman–Crippen LogP) is 4.06. The molecule has 0 bridgehead atoms. The minimum Gasteiger partial charge on any atom is -0.147 e. The lowest BCUT2D eigenvalue weighted by atomic mass is 10.2. The molecule has 0 fully saturated rings. The molecule has 1 aromatic carbocycles. The molecule has 1 atom stereocenters. The summed E-state index contributed by atoms with van der Waals surface area (Å²) in [5, 5.41) is 4.36. The zero-order valence-corrected chi connectivity index (χ0v) is 10.3. The Kier molecular flexibility index (Phi) is 3.29. The van der Waals surface area contributed by atoms with Crippen molar-refractivity contribution in [2.75, 3.05) is 6.26 Å². The van der Waals surface area contributed by atoms with Gasteiger partial charge in [0.2, 0.25) is 0 Å². The van der Waals surface area contributed by atoms with E-state index in [0.29, 0.717) is 0 Å². The van der Waals surface area contributed by atoms with E-state index in [4.69, 9.17) is 0 Å². The van der Waals surface area contributed by atoms with Crippen LogP contribution in [-0.2, 0) is 10.9 Å². The third kappa shape index (κ3) is 2.33. The number of rotatable bonds is 3. The molecule has 2 heteroatoms. The monoisotopic (exact) mass is 233 g/mol. The van der Waals surface area contributed by atoms with E-state index in [9.17, 15) is 0 Å². The van der Waals surface area contributed by atoms with Crippen molar-refractivity contribution in [3.63, 3.8) is 0 Å². The van der Waals surface area contributed by atoms with E-state index in [0.717, 1.165) is 0 Å². The maximum Gasteiger partial charge on any atom is 0.171 e. The van der Waals surface area contributed by atoms with Crippen molar-refractivity contribution in [3.05, 3.63) is 53.2 Å². The van der Waals surface area contributed by atoms with Gasteiger partial charge >= 0.3 is 0 Å². The second kappa shape index (κ2) is 4.69. The van der Waals surface area contributed by atoms with Gasteiger partial charge in [0.05, 0.1) is 10.9 Å². The molecule has 15 heavy (non-hydrogen) atoms. The lowest BCUT2D eigenvalue weighted by Gasteiger charge is -2.00. The lowest BCUT2D eigenvalue weighted by molar-refractivity contribution is 1.40. The van der Waals surface area contributed by atoms with Crippen molar-refractivity contribution < 1.29 is 0 Å². The Morgan fingerprint density at radius 3 is 2.40 bits per heavy atom. The highest BCUT2D eigenvalue weighted by Gasteiger charge is 2.18. The largest absolute Gasteiger partial charge is 0.171 e. The van der Waals surface area contributed by atoms with Crippen molar-refractivity contribution in [3.8, 4) is 0 Å². The van der Waals surface area contributed by atoms with E-state index in [1.54, 1.807) is 11.3 Å². The highest BCUT2D eigenvalue weighted by Crippen LogP contribution is 2.23.